The number of hydrogen-bond donors (Lipinski definition) is 1. The molecule has 28 heavy (non-hydrogen) atoms. The smallest absolute Gasteiger partial charge is 0.254 e. The number of anilines is 1. The molecule has 4 heterocycles. The molecule has 0 unspecified atom stereocenters. The lowest BCUT2D eigenvalue weighted by atomic mass is 10.0. The van der Waals surface area contributed by atoms with E-state index in [1.165, 1.54) is 9.88 Å². The minimum atomic E-state index is 0.104. The average Bonchev–Trinajstić information content (AvgIpc) is 3.47. The Labute approximate surface area is 176 Å². The predicted molar refractivity (Wildman–Crippen MR) is 119 cm³/mol. The fourth-order valence-electron chi connectivity index (χ4n) is 3.76. The minimum absolute atomic E-state index is 0.104. The third-order valence-electron chi connectivity index (χ3n) is 5.16. The van der Waals surface area contributed by atoms with Gasteiger partial charge < -0.3 is 14.8 Å². The van der Waals surface area contributed by atoms with Gasteiger partial charge in [0.25, 0.3) is 5.91 Å². The van der Waals surface area contributed by atoms with Crippen molar-refractivity contribution in [3.8, 4) is 10.4 Å². The van der Waals surface area contributed by atoms with Crippen LogP contribution in [-0.4, -0.2) is 42.0 Å². The van der Waals surface area contributed by atoms with Gasteiger partial charge >= 0.3 is 0 Å². The normalized spacial score (nSPS) is 14.8. The van der Waals surface area contributed by atoms with Crippen LogP contribution in [0.5, 0.6) is 0 Å². The molecular weight excluding hydrogens is 410 g/mol. The van der Waals surface area contributed by atoms with Gasteiger partial charge in [0.15, 0.2) is 0 Å². The molecule has 4 nitrogen and oxygen atoms in total. The summed E-state index contributed by atoms with van der Waals surface area (Å²) in [6.07, 6.45) is 2.01. The molecule has 1 aliphatic rings. The lowest BCUT2D eigenvalue weighted by Gasteiger charge is -2.35. The second-order valence-corrected chi connectivity index (χ2v) is 9.41. The van der Waals surface area contributed by atoms with Crippen molar-refractivity contribution in [1.29, 1.82) is 0 Å². The summed E-state index contributed by atoms with van der Waals surface area (Å²) in [7, 11) is 0. The van der Waals surface area contributed by atoms with Crippen LogP contribution in [-0.2, 0) is 0 Å². The Morgan fingerprint density at radius 1 is 1.04 bits per heavy atom. The van der Waals surface area contributed by atoms with E-state index in [4.69, 9.17) is 11.6 Å². The first-order valence-corrected chi connectivity index (χ1v) is 11.2. The largest absolute Gasteiger partial charge is 0.360 e. The lowest BCUT2D eigenvalue weighted by Crippen LogP contribution is -2.48. The Balaban J connectivity index is 1.42. The SMILES string of the molecule is O=C(c1cccc2[nH]cc(-c3cccs3)c12)N1CCN(c2ccc(Cl)s2)CC1. The van der Waals surface area contributed by atoms with Crippen molar-refractivity contribution >= 4 is 56.1 Å². The summed E-state index contributed by atoms with van der Waals surface area (Å²) in [5, 5.41) is 4.25. The second-order valence-electron chi connectivity index (χ2n) is 6.76. The molecule has 1 aliphatic heterocycles. The predicted octanol–water partition coefficient (Wildman–Crippen LogP) is 5.57. The molecule has 1 amide bonds. The van der Waals surface area contributed by atoms with Gasteiger partial charge in [-0.1, -0.05) is 23.7 Å². The summed E-state index contributed by atoms with van der Waals surface area (Å²) in [6.45, 7) is 3.07. The van der Waals surface area contributed by atoms with Gasteiger partial charge in [-0.3, -0.25) is 4.79 Å². The fourth-order valence-corrected chi connectivity index (χ4v) is 5.60. The van der Waals surface area contributed by atoms with Crippen LogP contribution in [0.2, 0.25) is 4.34 Å². The molecule has 1 fully saturated rings. The highest BCUT2D eigenvalue weighted by Gasteiger charge is 2.25. The molecule has 1 aromatic carbocycles. The Morgan fingerprint density at radius 3 is 2.61 bits per heavy atom. The van der Waals surface area contributed by atoms with Crippen molar-refractivity contribution in [2.75, 3.05) is 31.1 Å². The number of hydrogen-bond acceptors (Lipinski definition) is 4. The number of halogens is 1. The van der Waals surface area contributed by atoms with Crippen molar-refractivity contribution in [3.05, 3.63) is 63.9 Å². The number of aromatic amines is 1. The number of carbonyl (C=O) groups excluding carboxylic acids is 1. The highest BCUT2D eigenvalue weighted by atomic mass is 35.5. The number of thiophene rings is 2. The summed E-state index contributed by atoms with van der Waals surface area (Å²) in [5.74, 6) is 0.104. The van der Waals surface area contributed by atoms with E-state index in [1.807, 2.05) is 41.4 Å². The first-order valence-electron chi connectivity index (χ1n) is 9.14. The highest BCUT2D eigenvalue weighted by Crippen LogP contribution is 2.35. The molecule has 4 aromatic rings. The van der Waals surface area contributed by atoms with Gasteiger partial charge in [0, 0.05) is 59.3 Å². The zero-order chi connectivity index (χ0) is 19.1. The number of amides is 1. The van der Waals surface area contributed by atoms with E-state index < -0.39 is 0 Å². The molecule has 3 aromatic heterocycles. The van der Waals surface area contributed by atoms with Crippen molar-refractivity contribution < 1.29 is 4.79 Å². The summed E-state index contributed by atoms with van der Waals surface area (Å²) in [4.78, 5) is 22.1. The molecule has 7 heteroatoms. The van der Waals surface area contributed by atoms with E-state index in [-0.39, 0.29) is 5.91 Å². The molecule has 0 aliphatic carbocycles. The number of aromatic nitrogens is 1. The molecule has 0 bridgehead atoms. The molecule has 0 spiro atoms. The fraction of sp³-hybridized carbons (Fsp3) is 0.190. The van der Waals surface area contributed by atoms with Gasteiger partial charge in [-0.15, -0.1) is 22.7 Å². The zero-order valence-corrected chi connectivity index (χ0v) is 17.4. The maximum atomic E-state index is 13.4. The van der Waals surface area contributed by atoms with Gasteiger partial charge in [-0.25, -0.2) is 0 Å². The second kappa shape index (κ2) is 7.28. The van der Waals surface area contributed by atoms with E-state index in [0.29, 0.717) is 13.1 Å². The molecular formula is C21H18ClN3OS2. The topological polar surface area (TPSA) is 39.3 Å². The van der Waals surface area contributed by atoms with Crippen molar-refractivity contribution in [1.82, 2.24) is 9.88 Å². The molecule has 5 rings (SSSR count). The number of piperazine rings is 1. The Hall–Kier alpha value is -2.28. The first-order chi connectivity index (χ1) is 13.7. The van der Waals surface area contributed by atoms with Gasteiger partial charge in [-0.05, 0) is 35.7 Å². The number of benzene rings is 1. The van der Waals surface area contributed by atoms with Gasteiger partial charge in [0.1, 0.15) is 0 Å². The quantitative estimate of drug-likeness (QED) is 0.464. The maximum absolute atomic E-state index is 13.4. The van der Waals surface area contributed by atoms with Gasteiger partial charge in [0.05, 0.1) is 9.34 Å². The Morgan fingerprint density at radius 2 is 1.89 bits per heavy atom. The number of nitrogens with zero attached hydrogens (tertiary/aromatic N) is 2. The number of rotatable bonds is 3. The standard InChI is InChI=1S/C21H18ClN3OS2/c22-18-6-7-19(28-18)24-8-10-25(11-9-24)21(26)14-3-1-4-16-20(14)15(13-23-16)17-5-2-12-27-17/h1-7,12-13,23H,8-11H2. The van der Waals surface area contributed by atoms with E-state index in [0.717, 1.165) is 39.5 Å². The molecule has 1 saturated heterocycles. The van der Waals surface area contributed by atoms with Crippen molar-refractivity contribution in [2.24, 2.45) is 0 Å². The molecule has 1 N–H and O–H groups in total. The Kier molecular flexibility index (Phi) is 4.62. The van der Waals surface area contributed by atoms with Crippen LogP contribution < -0.4 is 4.90 Å². The van der Waals surface area contributed by atoms with Gasteiger partial charge in [0.2, 0.25) is 0 Å². The zero-order valence-electron chi connectivity index (χ0n) is 15.0. The van der Waals surface area contributed by atoms with Crippen LogP contribution in [0.15, 0.2) is 54.0 Å². The average molecular weight is 428 g/mol. The third-order valence-corrected chi connectivity index (χ3v) is 7.36. The van der Waals surface area contributed by atoms with Crippen molar-refractivity contribution in [3.63, 3.8) is 0 Å². The first kappa shape index (κ1) is 17.8. The number of H-pyrrole nitrogens is 1. The van der Waals surface area contributed by atoms with E-state index in [1.54, 1.807) is 22.7 Å². The summed E-state index contributed by atoms with van der Waals surface area (Å²) in [6, 6.07) is 14.0. The van der Waals surface area contributed by atoms with Crippen LogP contribution in [0.4, 0.5) is 5.00 Å². The van der Waals surface area contributed by atoms with Crippen LogP contribution in [0.1, 0.15) is 10.4 Å². The van der Waals surface area contributed by atoms with Crippen molar-refractivity contribution in [2.45, 2.75) is 0 Å². The lowest BCUT2D eigenvalue weighted by molar-refractivity contribution is 0.0749. The molecule has 0 saturated carbocycles. The maximum Gasteiger partial charge on any atom is 0.254 e. The minimum Gasteiger partial charge on any atom is -0.360 e. The van der Waals surface area contributed by atoms with Gasteiger partial charge in [-0.2, -0.15) is 0 Å². The summed E-state index contributed by atoms with van der Waals surface area (Å²) >= 11 is 9.34. The van der Waals surface area contributed by atoms with Crippen LogP contribution in [0.25, 0.3) is 21.3 Å². The van der Waals surface area contributed by atoms with Crippen LogP contribution in [0, 0.1) is 0 Å². The number of fused-ring (bicyclic) bond motifs is 1. The summed E-state index contributed by atoms with van der Waals surface area (Å²) in [5.41, 5.74) is 2.87. The molecule has 0 atom stereocenters. The van der Waals surface area contributed by atoms with E-state index >= 15 is 0 Å². The molecule has 142 valence electrons. The number of carbonyl (C=O) groups is 1. The highest BCUT2D eigenvalue weighted by molar-refractivity contribution is 7.19. The Bertz CT molecular complexity index is 1120. The molecule has 0 radical (unpaired) electrons. The van der Waals surface area contributed by atoms with Crippen LogP contribution >= 0.6 is 34.3 Å². The van der Waals surface area contributed by atoms with E-state index in [9.17, 15) is 4.79 Å². The monoisotopic (exact) mass is 427 g/mol. The van der Waals surface area contributed by atoms with E-state index in [2.05, 4.69) is 27.4 Å². The number of nitrogens with one attached hydrogen (secondary N) is 1. The van der Waals surface area contributed by atoms with Crippen LogP contribution in [0.3, 0.4) is 0 Å². The third kappa shape index (κ3) is 3.11. The summed E-state index contributed by atoms with van der Waals surface area (Å²) < 4.78 is 0.800.